The predicted molar refractivity (Wildman–Crippen MR) is 132 cm³/mol. The van der Waals surface area contributed by atoms with Crippen LogP contribution in [-0.4, -0.2) is 52.6 Å². The molecule has 34 heavy (non-hydrogen) atoms. The summed E-state index contributed by atoms with van der Waals surface area (Å²) in [4.78, 5) is 2.09. The summed E-state index contributed by atoms with van der Waals surface area (Å²) in [7, 11) is 0. The van der Waals surface area contributed by atoms with E-state index in [1.54, 1.807) is 0 Å². The van der Waals surface area contributed by atoms with Gasteiger partial charge in [-0.3, -0.25) is 4.90 Å². The van der Waals surface area contributed by atoms with Crippen molar-refractivity contribution in [3.05, 3.63) is 59.2 Å². The molecule has 0 aromatic heterocycles. The van der Waals surface area contributed by atoms with Gasteiger partial charge in [0, 0.05) is 24.6 Å². The SMILES string of the molecule is CC(C)OCC1CC2(CCN(C(O)c3ccc(OC(C)C)c(CO)c3)CC2)Oc2ccccc21. The van der Waals surface area contributed by atoms with Gasteiger partial charge in [0.2, 0.25) is 0 Å². The van der Waals surface area contributed by atoms with Crippen LogP contribution >= 0.6 is 0 Å². The molecule has 2 aliphatic heterocycles. The van der Waals surface area contributed by atoms with Crippen molar-refractivity contribution in [3.8, 4) is 11.5 Å². The lowest BCUT2D eigenvalue weighted by Gasteiger charge is -2.47. The molecule has 2 aromatic carbocycles. The highest BCUT2D eigenvalue weighted by Crippen LogP contribution is 2.46. The molecular formula is C28H39NO5. The molecule has 4 rings (SSSR count). The number of hydrogen-bond donors (Lipinski definition) is 2. The van der Waals surface area contributed by atoms with Crippen LogP contribution in [0.5, 0.6) is 11.5 Å². The fourth-order valence-electron chi connectivity index (χ4n) is 5.15. The van der Waals surface area contributed by atoms with Gasteiger partial charge >= 0.3 is 0 Å². The largest absolute Gasteiger partial charge is 0.491 e. The third kappa shape index (κ3) is 5.57. The predicted octanol–water partition coefficient (Wildman–Crippen LogP) is 4.78. The van der Waals surface area contributed by atoms with Crippen LogP contribution in [-0.2, 0) is 11.3 Å². The van der Waals surface area contributed by atoms with Crippen LogP contribution < -0.4 is 9.47 Å². The molecule has 1 fully saturated rings. The van der Waals surface area contributed by atoms with Crippen LogP contribution in [0.3, 0.4) is 0 Å². The van der Waals surface area contributed by atoms with E-state index in [0.29, 0.717) is 23.8 Å². The summed E-state index contributed by atoms with van der Waals surface area (Å²) >= 11 is 0. The Kier molecular flexibility index (Phi) is 7.83. The Morgan fingerprint density at radius 2 is 1.79 bits per heavy atom. The maximum atomic E-state index is 11.1. The highest BCUT2D eigenvalue weighted by Gasteiger charge is 2.44. The third-order valence-corrected chi connectivity index (χ3v) is 6.91. The Morgan fingerprint density at radius 1 is 1.06 bits per heavy atom. The molecule has 1 saturated heterocycles. The molecule has 2 N–H and O–H groups in total. The van der Waals surface area contributed by atoms with E-state index in [0.717, 1.165) is 43.7 Å². The number of hydrogen-bond acceptors (Lipinski definition) is 6. The first-order valence-corrected chi connectivity index (χ1v) is 12.5. The first kappa shape index (κ1) is 25.0. The molecule has 0 radical (unpaired) electrons. The fraction of sp³-hybridized carbons (Fsp3) is 0.571. The van der Waals surface area contributed by atoms with Crippen molar-refractivity contribution in [3.63, 3.8) is 0 Å². The van der Waals surface area contributed by atoms with E-state index in [1.807, 2.05) is 38.1 Å². The van der Waals surface area contributed by atoms with Gasteiger partial charge in [0.1, 0.15) is 23.3 Å². The van der Waals surface area contributed by atoms with Gasteiger partial charge < -0.3 is 24.4 Å². The number of likely N-dealkylation sites (tertiary alicyclic amines) is 1. The number of benzene rings is 2. The summed E-state index contributed by atoms with van der Waals surface area (Å²) in [6, 6.07) is 13.9. The molecule has 0 saturated carbocycles. The Labute approximate surface area is 203 Å². The van der Waals surface area contributed by atoms with Crippen LogP contribution in [0.15, 0.2) is 42.5 Å². The van der Waals surface area contributed by atoms with E-state index in [1.165, 1.54) is 5.56 Å². The van der Waals surface area contributed by atoms with E-state index in [2.05, 4.69) is 36.9 Å². The molecule has 0 amide bonds. The summed E-state index contributed by atoms with van der Waals surface area (Å²) in [5, 5.41) is 20.9. The standard InChI is InChI=1S/C28H39NO5/c1-19(2)32-18-23-16-28(34-26-8-6-5-7-24(23)26)11-13-29(14-12-28)27(31)21-9-10-25(33-20(3)4)22(15-21)17-30/h5-10,15,19-20,23,27,30-31H,11-14,16-18H2,1-4H3. The van der Waals surface area contributed by atoms with Crippen molar-refractivity contribution in [1.29, 1.82) is 0 Å². The van der Waals surface area contributed by atoms with E-state index >= 15 is 0 Å². The Bertz CT molecular complexity index is 952. The van der Waals surface area contributed by atoms with E-state index in [4.69, 9.17) is 14.2 Å². The molecule has 2 aromatic rings. The zero-order chi connectivity index (χ0) is 24.3. The Hall–Kier alpha value is -2.12. The van der Waals surface area contributed by atoms with Crippen LogP contribution in [0.4, 0.5) is 0 Å². The average molecular weight is 470 g/mol. The lowest BCUT2D eigenvalue weighted by molar-refractivity contribution is -0.0795. The summed E-state index contributed by atoms with van der Waals surface area (Å²) < 4.78 is 18.4. The van der Waals surface area contributed by atoms with Gasteiger partial charge in [0.25, 0.3) is 0 Å². The van der Waals surface area contributed by atoms with Crippen molar-refractivity contribution in [2.75, 3.05) is 19.7 Å². The fourth-order valence-corrected chi connectivity index (χ4v) is 5.15. The van der Waals surface area contributed by atoms with Gasteiger partial charge in [0.15, 0.2) is 0 Å². The van der Waals surface area contributed by atoms with Gasteiger partial charge in [0.05, 0.1) is 25.4 Å². The number of rotatable bonds is 8. The number of para-hydroxylation sites is 1. The van der Waals surface area contributed by atoms with Crippen molar-refractivity contribution in [1.82, 2.24) is 4.90 Å². The molecule has 1 spiro atoms. The normalized spacial score (nSPS) is 20.9. The second-order valence-corrected chi connectivity index (χ2v) is 10.2. The molecule has 2 unspecified atom stereocenters. The van der Waals surface area contributed by atoms with Crippen LogP contribution in [0.1, 0.15) is 75.8 Å². The Balaban J connectivity index is 1.45. The van der Waals surface area contributed by atoms with E-state index < -0.39 is 6.23 Å². The first-order chi connectivity index (χ1) is 16.3. The minimum atomic E-state index is -0.730. The number of ether oxygens (including phenoxy) is 3. The maximum Gasteiger partial charge on any atom is 0.133 e. The minimum absolute atomic E-state index is 0.0229. The zero-order valence-electron chi connectivity index (χ0n) is 20.9. The van der Waals surface area contributed by atoms with Gasteiger partial charge in [-0.1, -0.05) is 24.3 Å². The van der Waals surface area contributed by atoms with Gasteiger partial charge in [-0.25, -0.2) is 0 Å². The lowest BCUT2D eigenvalue weighted by atomic mass is 9.77. The number of nitrogens with zero attached hydrogens (tertiary/aromatic N) is 1. The second-order valence-electron chi connectivity index (χ2n) is 10.2. The first-order valence-electron chi connectivity index (χ1n) is 12.5. The van der Waals surface area contributed by atoms with Gasteiger partial charge in [-0.15, -0.1) is 0 Å². The van der Waals surface area contributed by atoms with E-state index in [9.17, 15) is 10.2 Å². The van der Waals surface area contributed by atoms with Crippen molar-refractivity contribution >= 4 is 0 Å². The molecule has 6 heteroatoms. The van der Waals surface area contributed by atoms with Crippen molar-refractivity contribution in [2.24, 2.45) is 0 Å². The number of fused-ring (bicyclic) bond motifs is 1. The lowest BCUT2D eigenvalue weighted by Crippen LogP contribution is -2.51. The highest BCUT2D eigenvalue weighted by atomic mass is 16.5. The summed E-state index contributed by atoms with van der Waals surface area (Å²) in [5.74, 6) is 1.94. The molecule has 186 valence electrons. The molecule has 2 heterocycles. The maximum absolute atomic E-state index is 11.1. The number of piperidine rings is 1. The van der Waals surface area contributed by atoms with Crippen LogP contribution in [0.25, 0.3) is 0 Å². The highest BCUT2D eigenvalue weighted by molar-refractivity contribution is 5.40. The second kappa shape index (κ2) is 10.6. The topological polar surface area (TPSA) is 71.4 Å². The van der Waals surface area contributed by atoms with Crippen molar-refractivity contribution < 1.29 is 24.4 Å². The molecule has 0 bridgehead atoms. The average Bonchev–Trinajstić information content (AvgIpc) is 2.82. The minimum Gasteiger partial charge on any atom is -0.491 e. The number of aliphatic hydroxyl groups is 2. The Morgan fingerprint density at radius 3 is 2.47 bits per heavy atom. The van der Waals surface area contributed by atoms with Crippen LogP contribution in [0.2, 0.25) is 0 Å². The molecule has 6 nitrogen and oxygen atoms in total. The quantitative estimate of drug-likeness (QED) is 0.580. The van der Waals surface area contributed by atoms with E-state index in [-0.39, 0.29) is 24.4 Å². The van der Waals surface area contributed by atoms with Crippen molar-refractivity contribution in [2.45, 2.75) is 83.5 Å². The summed E-state index contributed by atoms with van der Waals surface area (Å²) in [5.41, 5.74) is 2.46. The molecule has 2 aliphatic rings. The monoisotopic (exact) mass is 469 g/mol. The molecule has 2 atom stereocenters. The molecular weight excluding hydrogens is 430 g/mol. The zero-order valence-corrected chi connectivity index (χ0v) is 20.9. The third-order valence-electron chi connectivity index (χ3n) is 6.91. The summed E-state index contributed by atoms with van der Waals surface area (Å²) in [6.45, 7) is 10.1. The summed E-state index contributed by atoms with van der Waals surface area (Å²) in [6.07, 6.45) is 2.11. The smallest absolute Gasteiger partial charge is 0.133 e. The van der Waals surface area contributed by atoms with Crippen LogP contribution in [0, 0.1) is 0 Å². The number of aliphatic hydroxyl groups excluding tert-OH is 2. The molecule has 0 aliphatic carbocycles. The van der Waals surface area contributed by atoms with Gasteiger partial charge in [-0.2, -0.15) is 0 Å². The van der Waals surface area contributed by atoms with Gasteiger partial charge in [-0.05, 0) is 76.3 Å².